The second kappa shape index (κ2) is 27.0. The Morgan fingerprint density at radius 1 is 0.625 bits per heavy atom. The number of rotatable bonds is 13. The monoisotopic (exact) mass is 522 g/mol. The summed E-state index contributed by atoms with van der Waals surface area (Å²) in [6, 6.07) is -2.52. The Morgan fingerprint density at radius 3 is 1.22 bits per heavy atom. The molecule has 0 bridgehead atoms. The van der Waals surface area contributed by atoms with Crippen molar-refractivity contribution in [1.29, 1.82) is 0 Å². The molecule has 0 saturated carbocycles. The van der Waals surface area contributed by atoms with Crippen molar-refractivity contribution in [3.63, 3.8) is 0 Å². The number of carbonyl (C=O) groups is 6. The van der Waals surface area contributed by atoms with Gasteiger partial charge in [-0.1, -0.05) is 0 Å². The van der Waals surface area contributed by atoms with Gasteiger partial charge in [-0.3, -0.25) is 33.7 Å². The van der Waals surface area contributed by atoms with E-state index >= 15 is 0 Å². The van der Waals surface area contributed by atoms with Crippen molar-refractivity contribution >= 4 is 176 Å². The molecule has 0 aliphatic heterocycles. The number of hydrogen-bond donors (Lipinski definition) is 7. The Labute approximate surface area is 291 Å². The van der Waals surface area contributed by atoms with Gasteiger partial charge in [0.2, 0.25) is 0 Å². The Kier molecular flexibility index (Phi) is 39.3. The van der Waals surface area contributed by atoms with Gasteiger partial charge in [0, 0.05) is 12.8 Å². The zero-order valence-corrected chi connectivity index (χ0v) is 14.6. The number of aliphatic carboxylic acids is 6. The molecule has 0 radical (unpaired) electrons. The van der Waals surface area contributed by atoms with E-state index in [0.717, 1.165) is 0 Å². The van der Waals surface area contributed by atoms with Crippen molar-refractivity contribution in [3.05, 3.63) is 0 Å². The molecule has 0 saturated heterocycles. The predicted octanol–water partition coefficient (Wildman–Crippen LogP) is -4.56. The summed E-state index contributed by atoms with van der Waals surface area (Å²) in [5.41, 5.74) is 5.00. The van der Waals surface area contributed by atoms with E-state index < -0.39 is 67.4 Å². The van der Waals surface area contributed by atoms with Crippen molar-refractivity contribution in [2.24, 2.45) is 5.73 Å². The Morgan fingerprint density at radius 2 is 0.969 bits per heavy atom. The van der Waals surface area contributed by atoms with Gasteiger partial charge in [-0.2, -0.15) is 0 Å². The molecule has 0 fully saturated rings. The number of hydrogen-bond acceptors (Lipinski definition) is 8. The van der Waals surface area contributed by atoms with E-state index in [9.17, 15) is 28.8 Å². The third-order valence-corrected chi connectivity index (χ3v) is 3.02. The van der Waals surface area contributed by atoms with Crippen LogP contribution in [-0.2, 0) is 28.8 Å². The summed E-state index contributed by atoms with van der Waals surface area (Å²) in [5.74, 6) is -7.68. The molecule has 0 heterocycles. The Balaban J connectivity index is -0.000000106. The summed E-state index contributed by atoms with van der Waals surface area (Å²) in [5, 5.41) is 50.7. The Hall–Kier alpha value is 1.38. The maximum atomic E-state index is 10.9. The van der Waals surface area contributed by atoms with E-state index in [1.807, 2.05) is 0 Å². The fourth-order valence-corrected chi connectivity index (χ4v) is 1.75. The van der Waals surface area contributed by atoms with Crippen molar-refractivity contribution in [3.8, 4) is 0 Å². The first-order valence-corrected chi connectivity index (χ1v) is 7.60. The molecule has 0 spiro atoms. The molecular weight excluding hydrogens is 496 g/mol. The zero-order chi connectivity index (χ0) is 22.4. The van der Waals surface area contributed by atoms with Crippen LogP contribution in [0.25, 0.3) is 0 Å². The van der Waals surface area contributed by atoms with Crippen molar-refractivity contribution in [2.45, 2.75) is 37.8 Å². The van der Waals surface area contributed by atoms with Gasteiger partial charge in [0.15, 0.2) is 0 Å². The summed E-state index contributed by atoms with van der Waals surface area (Å²) < 4.78 is 0. The second-order valence-electron chi connectivity index (χ2n) is 5.36. The van der Waals surface area contributed by atoms with Crippen LogP contribution in [-0.4, -0.2) is 237 Å². The first-order valence-electron chi connectivity index (χ1n) is 7.60. The van der Waals surface area contributed by atoms with Crippen LogP contribution in [0.5, 0.6) is 0 Å². The summed E-state index contributed by atoms with van der Waals surface area (Å²) in [6.45, 7) is -1.58. The van der Waals surface area contributed by atoms with Gasteiger partial charge in [0.05, 0.1) is 13.1 Å². The number of nitrogens with zero attached hydrogens (tertiary/aromatic N) is 1. The van der Waals surface area contributed by atoms with Crippen LogP contribution in [0.2, 0.25) is 0 Å². The molecule has 168 valence electrons. The van der Waals surface area contributed by atoms with Crippen LogP contribution < -0.4 is 5.73 Å². The van der Waals surface area contributed by atoms with Gasteiger partial charge in [0.1, 0.15) is 12.1 Å². The molecule has 0 aliphatic carbocycles. The molecule has 0 aromatic carbocycles. The minimum absolute atomic E-state index is 0. The number of carboxylic acids is 6. The molecular formula is C14H26KN2Na3O12. The molecule has 0 aliphatic rings. The van der Waals surface area contributed by atoms with E-state index in [4.69, 9.17) is 36.4 Å². The summed E-state index contributed by atoms with van der Waals surface area (Å²) in [4.78, 5) is 62.8. The minimum atomic E-state index is -1.46. The van der Waals surface area contributed by atoms with Gasteiger partial charge in [-0.25, -0.2) is 0 Å². The topological polar surface area (TPSA) is 253 Å². The van der Waals surface area contributed by atoms with Gasteiger partial charge in [0.25, 0.3) is 0 Å². The third-order valence-electron chi connectivity index (χ3n) is 3.02. The first kappa shape index (κ1) is 46.7. The standard InChI is InChI=1S/C9H13NO8.C5H9NO4.K.3Na.4H/c11-6(12)2-1-5(9(17)18)10(3-7(13)14)4-8(15)16;6-3(5(9)10)1-2-4(7)8;;;;;;;;/h5H,1-4H2,(H,11,12)(H,13,14)(H,15,16)(H,17,18);3H,1-2,6H2,(H,7,8)(H,9,10);;;;;;;;/t5-;3-;;;;;;;;/m00......../s1. The fraction of sp³-hybridized carbons (Fsp3) is 0.571. The van der Waals surface area contributed by atoms with E-state index in [2.05, 4.69) is 0 Å². The quantitative estimate of drug-likeness (QED) is 0.112. The first-order chi connectivity index (χ1) is 12.8. The van der Waals surface area contributed by atoms with Gasteiger partial charge >= 0.3 is 176 Å². The van der Waals surface area contributed by atoms with Gasteiger partial charge in [-0.15, -0.1) is 0 Å². The van der Waals surface area contributed by atoms with E-state index in [1.54, 1.807) is 0 Å². The second-order valence-corrected chi connectivity index (χ2v) is 5.36. The van der Waals surface area contributed by atoms with E-state index in [0.29, 0.717) is 4.90 Å². The van der Waals surface area contributed by atoms with E-state index in [1.165, 1.54) is 0 Å². The molecule has 18 heteroatoms. The maximum absolute atomic E-state index is 10.9. The van der Waals surface area contributed by atoms with Crippen molar-refractivity contribution < 1.29 is 59.4 Å². The van der Waals surface area contributed by atoms with Gasteiger partial charge in [-0.05, 0) is 12.8 Å². The summed E-state index contributed by atoms with van der Waals surface area (Å²) >= 11 is 0. The summed E-state index contributed by atoms with van der Waals surface area (Å²) in [7, 11) is 0. The molecule has 8 N–H and O–H groups in total. The van der Waals surface area contributed by atoms with E-state index in [-0.39, 0.29) is 159 Å². The summed E-state index contributed by atoms with van der Waals surface area (Å²) in [6.07, 6.45) is -1.09. The SMILES string of the molecule is N[C@@H](CCC(=O)O)C(=O)O.O=C(O)CC[C@@H](C(=O)O)N(CC(=O)O)CC(=O)O.[KH].[NaH].[NaH].[NaH]. The predicted molar refractivity (Wildman–Crippen MR) is 116 cm³/mol. The zero-order valence-electron chi connectivity index (χ0n) is 14.6. The molecule has 0 aromatic heterocycles. The van der Waals surface area contributed by atoms with Crippen LogP contribution in [0.15, 0.2) is 0 Å². The van der Waals surface area contributed by atoms with Crippen LogP contribution in [0, 0.1) is 0 Å². The Bertz CT molecular complexity index is 596. The van der Waals surface area contributed by atoms with Crippen LogP contribution >= 0.6 is 0 Å². The molecule has 0 amide bonds. The number of carboxylic acid groups (broad SMARTS) is 6. The van der Waals surface area contributed by atoms with Crippen LogP contribution in [0.3, 0.4) is 0 Å². The van der Waals surface area contributed by atoms with Crippen LogP contribution in [0.4, 0.5) is 0 Å². The van der Waals surface area contributed by atoms with Crippen LogP contribution in [0.1, 0.15) is 25.7 Å². The van der Waals surface area contributed by atoms with Crippen molar-refractivity contribution in [1.82, 2.24) is 4.90 Å². The molecule has 0 rings (SSSR count). The molecule has 0 unspecified atom stereocenters. The average Bonchev–Trinajstić information content (AvgIpc) is 2.51. The normalized spacial score (nSPS) is 10.7. The molecule has 32 heavy (non-hydrogen) atoms. The van der Waals surface area contributed by atoms with Gasteiger partial charge < -0.3 is 36.4 Å². The van der Waals surface area contributed by atoms with Crippen molar-refractivity contribution in [2.75, 3.05) is 13.1 Å². The fourth-order valence-electron chi connectivity index (χ4n) is 1.75. The average molecular weight is 522 g/mol. The number of nitrogens with two attached hydrogens (primary N) is 1. The third kappa shape index (κ3) is 29.4. The molecule has 14 nitrogen and oxygen atoms in total. The molecule has 2 atom stereocenters. The molecule has 0 aromatic rings.